The van der Waals surface area contributed by atoms with Gasteiger partial charge >= 0.3 is 0 Å². The third-order valence-corrected chi connectivity index (χ3v) is 4.20. The van der Waals surface area contributed by atoms with E-state index in [2.05, 4.69) is 5.32 Å². The molecule has 0 amide bonds. The minimum atomic E-state index is -4.13. The maximum absolute atomic E-state index is 11.6. The third kappa shape index (κ3) is 3.49. The Labute approximate surface area is 142 Å². The van der Waals surface area contributed by atoms with Crippen LogP contribution in [0, 0.1) is 28.4 Å². The van der Waals surface area contributed by atoms with Crippen LogP contribution in [0.5, 0.6) is 0 Å². The number of sulfonamides is 1. The fourth-order valence-electron chi connectivity index (χ4n) is 2.23. The second kappa shape index (κ2) is 6.34. The number of carbonyl (C=O) groups is 1. The first-order chi connectivity index (χ1) is 11.6. The number of primary sulfonamides is 1. The minimum absolute atomic E-state index is 0.0637. The molecule has 130 valence electrons. The number of hydrogen-bond donors (Lipinski definition) is 2. The molecule has 0 bridgehead atoms. The van der Waals surface area contributed by atoms with Crippen LogP contribution in [-0.4, -0.2) is 19.1 Å². The number of carbonyl (C=O) groups excluding carboxylic acids is 1. The Balaban J connectivity index is 2.59. The number of Topliss-reactive ketones (excluding diaryl/α,β-unsaturated/α-hetero) is 1. The number of furan rings is 1. The lowest BCUT2D eigenvalue weighted by atomic mass is 10.1. The summed E-state index contributed by atoms with van der Waals surface area (Å²) in [5, 5.41) is 28.0. The van der Waals surface area contributed by atoms with Gasteiger partial charge in [0.05, 0.1) is 15.4 Å². The van der Waals surface area contributed by atoms with Crippen molar-refractivity contribution in [2.75, 3.05) is 5.32 Å². The van der Waals surface area contributed by atoms with Crippen LogP contribution in [0.4, 0.5) is 17.3 Å². The second-order valence-corrected chi connectivity index (χ2v) is 6.57. The molecule has 1 aromatic heterocycles. The van der Waals surface area contributed by atoms with Crippen molar-refractivity contribution in [3.8, 4) is 6.07 Å². The molecule has 25 heavy (non-hydrogen) atoms. The molecule has 1 aromatic carbocycles. The molecule has 0 fully saturated rings. The number of hydrogen-bond acceptors (Lipinski definition) is 8. The highest BCUT2D eigenvalue weighted by atomic mass is 32.2. The van der Waals surface area contributed by atoms with Crippen molar-refractivity contribution in [1.29, 1.82) is 5.26 Å². The number of nitrogens with two attached hydrogens (primary N) is 1. The van der Waals surface area contributed by atoms with Gasteiger partial charge in [-0.2, -0.15) is 5.26 Å². The van der Waals surface area contributed by atoms with Crippen molar-refractivity contribution in [2.24, 2.45) is 5.14 Å². The predicted molar refractivity (Wildman–Crippen MR) is 85.9 cm³/mol. The largest absolute Gasteiger partial charge is 0.443 e. The van der Waals surface area contributed by atoms with E-state index >= 15 is 0 Å². The monoisotopic (exact) mass is 364 g/mol. The van der Waals surface area contributed by atoms with Crippen LogP contribution in [0.1, 0.15) is 28.6 Å². The molecular weight excluding hydrogens is 352 g/mol. The van der Waals surface area contributed by atoms with Crippen LogP contribution >= 0.6 is 0 Å². The molecule has 0 saturated heterocycles. The first-order valence-electron chi connectivity index (χ1n) is 6.69. The van der Waals surface area contributed by atoms with E-state index in [1.54, 1.807) is 0 Å². The number of ketones is 1. The molecule has 0 spiro atoms. The van der Waals surface area contributed by atoms with Gasteiger partial charge in [0.1, 0.15) is 23.1 Å². The molecular formula is C14H12N4O6S. The highest BCUT2D eigenvalue weighted by Gasteiger charge is 2.24. The lowest BCUT2D eigenvalue weighted by molar-refractivity contribution is -0.384. The highest BCUT2D eigenvalue weighted by molar-refractivity contribution is 7.89. The predicted octanol–water partition coefficient (Wildman–Crippen LogP) is 1.96. The number of nitrogens with one attached hydrogen (secondary N) is 1. The van der Waals surface area contributed by atoms with E-state index in [1.165, 1.54) is 13.8 Å². The summed E-state index contributed by atoms with van der Waals surface area (Å²) in [4.78, 5) is 21.6. The summed E-state index contributed by atoms with van der Waals surface area (Å²) in [5.41, 5.74) is -0.754. The van der Waals surface area contributed by atoms with E-state index in [0.717, 1.165) is 18.2 Å². The Morgan fingerprint density at radius 2 is 2.08 bits per heavy atom. The van der Waals surface area contributed by atoms with E-state index < -0.39 is 31.3 Å². The van der Waals surface area contributed by atoms with Crippen molar-refractivity contribution in [3.05, 3.63) is 45.2 Å². The molecule has 3 N–H and O–H groups in total. The van der Waals surface area contributed by atoms with Gasteiger partial charge in [0.2, 0.25) is 15.9 Å². The minimum Gasteiger partial charge on any atom is -0.443 e. The average Bonchev–Trinajstić information content (AvgIpc) is 2.81. The number of nitrogens with zero attached hydrogens (tertiary/aromatic N) is 2. The van der Waals surface area contributed by atoms with Gasteiger partial charge in [0, 0.05) is 6.07 Å². The third-order valence-electron chi connectivity index (χ3n) is 3.29. The number of aryl methyl sites for hydroxylation is 1. The van der Waals surface area contributed by atoms with Gasteiger partial charge in [-0.15, -0.1) is 0 Å². The molecule has 10 nitrogen and oxygen atoms in total. The number of nitro groups is 1. The molecule has 2 rings (SSSR count). The molecule has 0 aliphatic rings. The Hall–Kier alpha value is -3.23. The molecule has 0 aliphatic carbocycles. The Bertz CT molecular complexity index is 1030. The van der Waals surface area contributed by atoms with E-state index in [9.17, 15) is 28.6 Å². The molecule has 0 saturated carbocycles. The first-order valence-corrected chi connectivity index (χ1v) is 8.23. The zero-order valence-electron chi connectivity index (χ0n) is 13.1. The fourth-order valence-corrected chi connectivity index (χ4v) is 2.76. The summed E-state index contributed by atoms with van der Waals surface area (Å²) in [7, 11) is -4.13. The summed E-state index contributed by atoms with van der Waals surface area (Å²) in [6.45, 7) is 2.73. The maximum Gasteiger partial charge on any atom is 0.294 e. The van der Waals surface area contributed by atoms with Crippen molar-refractivity contribution >= 4 is 33.1 Å². The quantitative estimate of drug-likeness (QED) is 0.460. The molecule has 0 atom stereocenters. The van der Waals surface area contributed by atoms with Gasteiger partial charge in [-0.1, -0.05) is 0 Å². The second-order valence-electron chi connectivity index (χ2n) is 5.01. The van der Waals surface area contributed by atoms with Gasteiger partial charge in [-0.3, -0.25) is 14.9 Å². The topological polar surface area (TPSA) is 169 Å². The van der Waals surface area contributed by atoms with Gasteiger partial charge in [0.25, 0.3) is 5.69 Å². The summed E-state index contributed by atoms with van der Waals surface area (Å²) in [5.74, 6) is -0.378. The SMILES string of the molecule is CC(=O)c1c(C)oc(Nc2ccc(S(N)(=O)=O)cc2[N+](=O)[O-])c1C#N. The smallest absolute Gasteiger partial charge is 0.294 e. The molecule has 0 aliphatic heterocycles. The van der Waals surface area contributed by atoms with E-state index in [4.69, 9.17) is 9.56 Å². The number of nitriles is 1. The molecule has 1 heterocycles. The normalized spacial score (nSPS) is 11.0. The summed E-state index contributed by atoms with van der Waals surface area (Å²) >= 11 is 0. The van der Waals surface area contributed by atoms with Crippen LogP contribution in [0.25, 0.3) is 0 Å². The van der Waals surface area contributed by atoms with Gasteiger partial charge in [-0.25, -0.2) is 13.6 Å². The van der Waals surface area contributed by atoms with Crippen LogP contribution in [0.15, 0.2) is 27.5 Å². The van der Waals surface area contributed by atoms with Crippen LogP contribution in [0.3, 0.4) is 0 Å². The molecule has 0 unspecified atom stereocenters. The van der Waals surface area contributed by atoms with Crippen molar-refractivity contribution in [3.63, 3.8) is 0 Å². The lowest BCUT2D eigenvalue weighted by Crippen LogP contribution is -2.12. The Morgan fingerprint density at radius 1 is 1.44 bits per heavy atom. The van der Waals surface area contributed by atoms with E-state index in [0.29, 0.717) is 0 Å². The van der Waals surface area contributed by atoms with Crippen LogP contribution < -0.4 is 10.5 Å². The van der Waals surface area contributed by atoms with Crippen molar-refractivity contribution in [1.82, 2.24) is 0 Å². The van der Waals surface area contributed by atoms with E-state index in [1.807, 2.05) is 6.07 Å². The summed E-state index contributed by atoms with van der Waals surface area (Å²) in [6.07, 6.45) is 0. The average molecular weight is 364 g/mol. The summed E-state index contributed by atoms with van der Waals surface area (Å²) < 4.78 is 28.0. The lowest BCUT2D eigenvalue weighted by Gasteiger charge is -2.06. The molecule has 11 heteroatoms. The first kappa shape index (κ1) is 18.1. The fraction of sp³-hybridized carbons (Fsp3) is 0.143. The zero-order chi connectivity index (χ0) is 18.9. The van der Waals surface area contributed by atoms with Gasteiger partial charge in [0.15, 0.2) is 5.78 Å². The summed E-state index contributed by atoms with van der Waals surface area (Å²) in [6, 6.07) is 4.77. The van der Waals surface area contributed by atoms with Crippen molar-refractivity contribution in [2.45, 2.75) is 18.7 Å². The van der Waals surface area contributed by atoms with Gasteiger partial charge < -0.3 is 9.73 Å². The number of benzene rings is 1. The van der Waals surface area contributed by atoms with E-state index in [-0.39, 0.29) is 28.5 Å². The number of nitro benzene ring substituents is 1. The van der Waals surface area contributed by atoms with Crippen LogP contribution in [0.2, 0.25) is 0 Å². The maximum atomic E-state index is 11.6. The van der Waals surface area contributed by atoms with Crippen molar-refractivity contribution < 1.29 is 22.6 Å². The Kier molecular flexibility index (Phi) is 4.60. The zero-order valence-corrected chi connectivity index (χ0v) is 13.9. The number of anilines is 2. The van der Waals surface area contributed by atoms with Crippen LogP contribution in [-0.2, 0) is 10.0 Å². The molecule has 0 radical (unpaired) electrons. The Morgan fingerprint density at radius 3 is 2.56 bits per heavy atom. The number of rotatable bonds is 5. The standard InChI is InChI=1S/C14H12N4O6S/c1-7(19)13-8(2)24-14(10(13)6-15)17-11-4-3-9(25(16,22)23)5-12(11)18(20)21/h3-5,17H,1-2H3,(H2,16,22,23). The van der Waals surface area contributed by atoms with Gasteiger partial charge in [-0.05, 0) is 26.0 Å². The molecule has 2 aromatic rings. The highest BCUT2D eigenvalue weighted by Crippen LogP contribution is 2.34.